The first-order valence-corrected chi connectivity index (χ1v) is 11.4. The number of hydrogen-bond donors (Lipinski definition) is 3. The van der Waals surface area contributed by atoms with Crippen LogP contribution in [0.1, 0.15) is 36.5 Å². The van der Waals surface area contributed by atoms with Crippen LogP contribution in [-0.4, -0.2) is 45.3 Å². The predicted octanol–water partition coefficient (Wildman–Crippen LogP) is -0.220. The van der Waals surface area contributed by atoms with Crippen LogP contribution >= 0.6 is 0 Å². The van der Waals surface area contributed by atoms with E-state index in [2.05, 4.69) is 61.5 Å². The topological polar surface area (TPSA) is 13.3 Å². The lowest BCUT2D eigenvalue weighted by molar-refractivity contribution is -1.04. The first kappa shape index (κ1) is 19.6. The summed E-state index contributed by atoms with van der Waals surface area (Å²) < 4.78 is 0. The molecule has 0 amide bonds. The molecule has 2 saturated heterocycles. The Bertz CT molecular complexity index is 696. The van der Waals surface area contributed by atoms with Crippen molar-refractivity contribution < 1.29 is 14.7 Å². The minimum absolute atomic E-state index is 0.907. The SMILES string of the molecule is CCc1ccc(C[NH+]2CC[NH+](C3CC[NH+](Cc4ccccc4)CC3)CC2)cc1. The molecule has 0 aliphatic carbocycles. The highest BCUT2D eigenvalue weighted by Gasteiger charge is 2.33. The molecule has 3 nitrogen and oxygen atoms in total. The van der Waals surface area contributed by atoms with Gasteiger partial charge in [0.1, 0.15) is 39.3 Å². The van der Waals surface area contributed by atoms with E-state index < -0.39 is 0 Å². The number of benzene rings is 2. The second-order valence-corrected chi connectivity index (χ2v) is 8.94. The summed E-state index contributed by atoms with van der Waals surface area (Å²) in [5.74, 6) is 0. The zero-order valence-electron chi connectivity index (χ0n) is 17.6. The molecular weight excluding hydrogens is 342 g/mol. The molecule has 0 saturated carbocycles. The summed E-state index contributed by atoms with van der Waals surface area (Å²) in [7, 11) is 0. The highest BCUT2D eigenvalue weighted by Crippen LogP contribution is 2.04. The summed E-state index contributed by atoms with van der Waals surface area (Å²) in [5, 5.41) is 0. The molecular formula is C25H38N3+3. The first-order chi connectivity index (χ1) is 13.8. The van der Waals surface area contributed by atoms with Gasteiger partial charge in [-0.2, -0.15) is 0 Å². The van der Waals surface area contributed by atoms with Gasteiger partial charge in [-0.3, -0.25) is 0 Å². The summed E-state index contributed by atoms with van der Waals surface area (Å²) in [6.45, 7) is 12.7. The van der Waals surface area contributed by atoms with Gasteiger partial charge in [-0.1, -0.05) is 61.5 Å². The Hall–Kier alpha value is -1.68. The number of rotatable bonds is 6. The van der Waals surface area contributed by atoms with Crippen molar-refractivity contribution in [1.82, 2.24) is 0 Å². The zero-order valence-corrected chi connectivity index (χ0v) is 17.6. The third kappa shape index (κ3) is 5.22. The molecule has 0 aromatic heterocycles. The van der Waals surface area contributed by atoms with Crippen LogP contribution in [0.4, 0.5) is 0 Å². The lowest BCUT2D eigenvalue weighted by atomic mass is 10.0. The molecule has 0 radical (unpaired) electrons. The van der Waals surface area contributed by atoms with Crippen molar-refractivity contribution in [2.45, 2.75) is 45.3 Å². The van der Waals surface area contributed by atoms with E-state index in [-0.39, 0.29) is 0 Å². The van der Waals surface area contributed by atoms with Crippen LogP contribution in [0.15, 0.2) is 54.6 Å². The lowest BCUT2D eigenvalue weighted by Gasteiger charge is -2.37. The van der Waals surface area contributed by atoms with Crippen molar-refractivity contribution in [3.63, 3.8) is 0 Å². The fourth-order valence-electron chi connectivity index (χ4n) is 5.19. The van der Waals surface area contributed by atoms with E-state index in [1.807, 2.05) is 4.90 Å². The van der Waals surface area contributed by atoms with Gasteiger partial charge in [-0.05, 0) is 12.0 Å². The van der Waals surface area contributed by atoms with Gasteiger partial charge >= 0.3 is 0 Å². The van der Waals surface area contributed by atoms with Gasteiger partial charge < -0.3 is 14.7 Å². The molecule has 2 fully saturated rings. The average Bonchev–Trinajstić information content (AvgIpc) is 2.76. The summed E-state index contributed by atoms with van der Waals surface area (Å²) in [6.07, 6.45) is 3.96. The summed E-state index contributed by atoms with van der Waals surface area (Å²) in [6, 6.07) is 21.2. The van der Waals surface area contributed by atoms with Gasteiger partial charge in [0.05, 0.1) is 19.1 Å². The monoisotopic (exact) mass is 380 g/mol. The molecule has 2 aromatic rings. The van der Waals surface area contributed by atoms with E-state index in [1.54, 1.807) is 9.80 Å². The van der Waals surface area contributed by atoms with Crippen molar-refractivity contribution in [3.8, 4) is 0 Å². The number of aryl methyl sites for hydroxylation is 1. The van der Waals surface area contributed by atoms with Crippen LogP contribution in [0.3, 0.4) is 0 Å². The number of quaternary nitrogens is 3. The molecule has 0 unspecified atom stereocenters. The van der Waals surface area contributed by atoms with E-state index in [9.17, 15) is 0 Å². The fourth-order valence-corrected chi connectivity index (χ4v) is 5.19. The van der Waals surface area contributed by atoms with Crippen LogP contribution in [0.25, 0.3) is 0 Å². The predicted molar refractivity (Wildman–Crippen MR) is 115 cm³/mol. The molecule has 3 heteroatoms. The van der Waals surface area contributed by atoms with Crippen LogP contribution in [-0.2, 0) is 19.5 Å². The number of nitrogens with one attached hydrogen (secondary N) is 3. The Kier molecular flexibility index (Phi) is 6.79. The summed E-state index contributed by atoms with van der Waals surface area (Å²) in [5.41, 5.74) is 4.45. The lowest BCUT2D eigenvalue weighted by Crippen LogP contribution is -3.30. The molecule has 0 spiro atoms. The van der Waals surface area contributed by atoms with E-state index >= 15 is 0 Å². The second kappa shape index (κ2) is 9.69. The maximum Gasteiger partial charge on any atom is 0.127 e. The Morgan fingerprint density at radius 3 is 1.79 bits per heavy atom. The highest BCUT2D eigenvalue weighted by molar-refractivity contribution is 5.21. The fraction of sp³-hybridized carbons (Fsp3) is 0.520. The molecule has 28 heavy (non-hydrogen) atoms. The van der Waals surface area contributed by atoms with E-state index in [0.29, 0.717) is 0 Å². The van der Waals surface area contributed by atoms with Crippen molar-refractivity contribution in [1.29, 1.82) is 0 Å². The van der Waals surface area contributed by atoms with Gasteiger partial charge in [-0.15, -0.1) is 0 Å². The number of piperidine rings is 1. The van der Waals surface area contributed by atoms with Crippen molar-refractivity contribution in [2.24, 2.45) is 0 Å². The first-order valence-electron chi connectivity index (χ1n) is 11.4. The third-order valence-electron chi connectivity index (χ3n) is 7.05. The minimum Gasteiger partial charge on any atom is -0.331 e. The van der Waals surface area contributed by atoms with E-state index in [0.717, 1.165) is 12.5 Å². The maximum absolute atomic E-state index is 2.34. The van der Waals surface area contributed by atoms with Crippen molar-refractivity contribution in [2.75, 3.05) is 39.3 Å². The Morgan fingerprint density at radius 2 is 1.18 bits per heavy atom. The molecule has 4 rings (SSSR count). The van der Waals surface area contributed by atoms with Crippen molar-refractivity contribution >= 4 is 0 Å². The van der Waals surface area contributed by atoms with Crippen LogP contribution in [0, 0.1) is 0 Å². The maximum atomic E-state index is 2.34. The molecule has 3 N–H and O–H groups in total. The van der Waals surface area contributed by atoms with E-state index in [1.165, 1.54) is 81.9 Å². The molecule has 2 aliphatic rings. The Morgan fingerprint density at radius 1 is 0.643 bits per heavy atom. The highest BCUT2D eigenvalue weighted by atomic mass is 15.3. The molecule has 2 aromatic carbocycles. The summed E-state index contributed by atoms with van der Waals surface area (Å²) >= 11 is 0. The smallest absolute Gasteiger partial charge is 0.127 e. The molecule has 0 atom stereocenters. The van der Waals surface area contributed by atoms with Gasteiger partial charge in [0.25, 0.3) is 0 Å². The molecule has 150 valence electrons. The van der Waals surface area contributed by atoms with Crippen LogP contribution in [0.2, 0.25) is 0 Å². The van der Waals surface area contributed by atoms with Crippen LogP contribution < -0.4 is 14.7 Å². The number of hydrogen-bond acceptors (Lipinski definition) is 0. The van der Waals surface area contributed by atoms with Crippen molar-refractivity contribution in [3.05, 3.63) is 71.3 Å². The van der Waals surface area contributed by atoms with Gasteiger partial charge in [0, 0.05) is 24.0 Å². The normalized spacial score (nSPS) is 28.2. The number of likely N-dealkylation sites (tertiary alicyclic amines) is 1. The molecule has 2 aliphatic heterocycles. The quantitative estimate of drug-likeness (QED) is 0.613. The molecule has 2 heterocycles. The van der Waals surface area contributed by atoms with Gasteiger partial charge in [0.15, 0.2) is 0 Å². The zero-order chi connectivity index (χ0) is 19.2. The average molecular weight is 381 g/mol. The van der Waals surface area contributed by atoms with Gasteiger partial charge in [0.2, 0.25) is 0 Å². The van der Waals surface area contributed by atoms with Crippen LogP contribution in [0.5, 0.6) is 0 Å². The standard InChI is InChI=1S/C25H35N3/c1-2-22-8-10-24(11-9-22)21-27-16-18-28(19-17-27)25-12-14-26(15-13-25)20-23-6-4-3-5-7-23/h3-11,25H,2,12-21H2,1H3/p+3. The number of piperazine rings is 1. The van der Waals surface area contributed by atoms with E-state index in [4.69, 9.17) is 0 Å². The summed E-state index contributed by atoms with van der Waals surface area (Å²) in [4.78, 5) is 5.45. The second-order valence-electron chi connectivity index (χ2n) is 8.94. The minimum atomic E-state index is 0.907. The Labute approximate surface area is 171 Å². The molecule has 0 bridgehead atoms. The largest absolute Gasteiger partial charge is 0.331 e. The Balaban J connectivity index is 1.19. The third-order valence-corrected chi connectivity index (χ3v) is 7.05. The van der Waals surface area contributed by atoms with Gasteiger partial charge in [-0.25, -0.2) is 0 Å².